The molecule has 0 bridgehead atoms. The van der Waals surface area contributed by atoms with Crippen LogP contribution in [0.5, 0.6) is 5.75 Å². The molecule has 2 rings (SSSR count). The van der Waals surface area contributed by atoms with E-state index in [-0.39, 0.29) is 5.82 Å². The van der Waals surface area contributed by atoms with Crippen molar-refractivity contribution >= 4 is 28.9 Å². The first kappa shape index (κ1) is 14.9. The molecule has 0 spiro atoms. The van der Waals surface area contributed by atoms with E-state index in [0.29, 0.717) is 28.9 Å². The van der Waals surface area contributed by atoms with Crippen LogP contribution in [0, 0.1) is 5.82 Å². The minimum atomic E-state index is -0.345. The minimum absolute atomic E-state index is 0.345. The van der Waals surface area contributed by atoms with Crippen molar-refractivity contribution < 1.29 is 9.13 Å². The van der Waals surface area contributed by atoms with E-state index < -0.39 is 0 Å². The number of benzene rings is 2. The van der Waals surface area contributed by atoms with Gasteiger partial charge < -0.3 is 10.1 Å². The molecule has 0 saturated carbocycles. The van der Waals surface area contributed by atoms with Gasteiger partial charge in [0.15, 0.2) is 0 Å². The summed E-state index contributed by atoms with van der Waals surface area (Å²) >= 11 is 12.1. The predicted octanol–water partition coefficient (Wildman–Crippen LogP) is 5.14. The van der Waals surface area contributed by atoms with Gasteiger partial charge in [0, 0.05) is 17.3 Å². The third kappa shape index (κ3) is 3.78. The highest BCUT2D eigenvalue weighted by atomic mass is 35.5. The second-order valence-electron chi connectivity index (χ2n) is 4.17. The van der Waals surface area contributed by atoms with Gasteiger partial charge in [-0.25, -0.2) is 4.39 Å². The fourth-order valence-corrected chi connectivity index (χ4v) is 2.21. The third-order valence-corrected chi connectivity index (χ3v) is 3.38. The lowest BCUT2D eigenvalue weighted by molar-refractivity contribution is 0.340. The monoisotopic (exact) mass is 313 g/mol. The van der Waals surface area contributed by atoms with Crippen LogP contribution in [0.2, 0.25) is 10.0 Å². The molecule has 2 nitrogen and oxygen atoms in total. The Morgan fingerprint density at radius 2 is 1.90 bits per heavy atom. The molecule has 0 amide bonds. The van der Waals surface area contributed by atoms with Gasteiger partial charge >= 0.3 is 0 Å². The molecule has 0 aromatic heterocycles. The first-order chi connectivity index (χ1) is 9.60. The summed E-state index contributed by atoms with van der Waals surface area (Å²) in [6.45, 7) is 2.96. The van der Waals surface area contributed by atoms with Gasteiger partial charge in [-0.3, -0.25) is 0 Å². The fraction of sp³-hybridized carbons (Fsp3) is 0.200. The van der Waals surface area contributed by atoms with Gasteiger partial charge in [-0.05, 0) is 42.8 Å². The summed E-state index contributed by atoms with van der Waals surface area (Å²) in [7, 11) is 0. The Labute approximate surface area is 127 Å². The average Bonchev–Trinajstić information content (AvgIpc) is 2.41. The largest absolute Gasteiger partial charge is 0.492 e. The second-order valence-corrected chi connectivity index (χ2v) is 4.98. The predicted molar refractivity (Wildman–Crippen MR) is 81.4 cm³/mol. The van der Waals surface area contributed by atoms with Gasteiger partial charge in [0.05, 0.1) is 11.6 Å². The lowest BCUT2D eigenvalue weighted by Gasteiger charge is -2.11. The van der Waals surface area contributed by atoms with Crippen LogP contribution in [-0.4, -0.2) is 6.61 Å². The van der Waals surface area contributed by atoms with E-state index >= 15 is 0 Å². The maximum Gasteiger partial charge on any atom is 0.138 e. The Kier molecular flexibility index (Phi) is 5.10. The van der Waals surface area contributed by atoms with Crippen LogP contribution in [0.1, 0.15) is 12.5 Å². The summed E-state index contributed by atoms with van der Waals surface area (Å²) in [6, 6.07) is 9.79. The van der Waals surface area contributed by atoms with Crippen LogP contribution in [0.4, 0.5) is 10.1 Å². The Balaban J connectivity index is 2.05. The van der Waals surface area contributed by atoms with E-state index in [1.165, 1.54) is 12.1 Å². The molecule has 2 aromatic carbocycles. The highest BCUT2D eigenvalue weighted by Crippen LogP contribution is 2.28. The number of halogens is 3. The molecule has 0 aliphatic heterocycles. The van der Waals surface area contributed by atoms with E-state index in [0.717, 1.165) is 11.3 Å². The number of anilines is 1. The normalized spacial score (nSPS) is 10.4. The van der Waals surface area contributed by atoms with Crippen molar-refractivity contribution in [1.29, 1.82) is 0 Å². The smallest absolute Gasteiger partial charge is 0.138 e. The average molecular weight is 314 g/mol. The molecule has 2 aromatic rings. The van der Waals surface area contributed by atoms with E-state index in [4.69, 9.17) is 27.9 Å². The molecule has 0 aliphatic rings. The quantitative estimate of drug-likeness (QED) is 0.824. The van der Waals surface area contributed by atoms with Gasteiger partial charge in [0.1, 0.15) is 11.6 Å². The highest BCUT2D eigenvalue weighted by molar-refractivity contribution is 6.32. The number of nitrogens with one attached hydrogen (secondary N) is 1. The maximum atomic E-state index is 12.9. The molecule has 0 atom stereocenters. The second kappa shape index (κ2) is 6.82. The molecule has 0 unspecified atom stereocenters. The SMILES string of the molecule is CCOc1ccc(NCc2ccc(F)cc2Cl)cc1Cl. The number of hydrogen-bond donors (Lipinski definition) is 1. The molecule has 0 heterocycles. The lowest BCUT2D eigenvalue weighted by atomic mass is 10.2. The first-order valence-electron chi connectivity index (χ1n) is 6.20. The van der Waals surface area contributed by atoms with E-state index in [1.807, 2.05) is 13.0 Å². The number of hydrogen-bond acceptors (Lipinski definition) is 2. The number of rotatable bonds is 5. The van der Waals surface area contributed by atoms with Gasteiger partial charge in [-0.2, -0.15) is 0 Å². The fourth-order valence-electron chi connectivity index (χ4n) is 1.75. The molecular formula is C15H14Cl2FNO. The molecular weight excluding hydrogens is 300 g/mol. The molecule has 0 saturated heterocycles. The Bertz CT molecular complexity index is 604. The Hall–Kier alpha value is -1.45. The summed E-state index contributed by atoms with van der Waals surface area (Å²) in [5, 5.41) is 4.13. The van der Waals surface area contributed by atoms with Crippen molar-refractivity contribution in [2.45, 2.75) is 13.5 Å². The van der Waals surface area contributed by atoms with Crippen molar-refractivity contribution in [3.63, 3.8) is 0 Å². The molecule has 0 fully saturated rings. The molecule has 5 heteroatoms. The number of ether oxygens (including phenoxy) is 1. The van der Waals surface area contributed by atoms with Crippen LogP contribution in [0.15, 0.2) is 36.4 Å². The summed E-state index contributed by atoms with van der Waals surface area (Å²) in [5.41, 5.74) is 1.66. The molecule has 0 aliphatic carbocycles. The van der Waals surface area contributed by atoms with Crippen molar-refractivity contribution in [2.24, 2.45) is 0 Å². The summed E-state index contributed by atoms with van der Waals surface area (Å²) in [6.07, 6.45) is 0. The van der Waals surface area contributed by atoms with Crippen LogP contribution in [-0.2, 0) is 6.54 Å². The van der Waals surface area contributed by atoms with Gasteiger partial charge in [0.2, 0.25) is 0 Å². The van der Waals surface area contributed by atoms with E-state index in [9.17, 15) is 4.39 Å². The minimum Gasteiger partial charge on any atom is -0.492 e. The van der Waals surface area contributed by atoms with E-state index in [2.05, 4.69) is 5.32 Å². The zero-order valence-electron chi connectivity index (χ0n) is 10.9. The van der Waals surface area contributed by atoms with Crippen LogP contribution in [0.25, 0.3) is 0 Å². The van der Waals surface area contributed by atoms with E-state index in [1.54, 1.807) is 18.2 Å². The van der Waals surface area contributed by atoms with Crippen molar-refractivity contribution in [2.75, 3.05) is 11.9 Å². The molecule has 20 heavy (non-hydrogen) atoms. The highest BCUT2D eigenvalue weighted by Gasteiger charge is 2.04. The van der Waals surface area contributed by atoms with Gasteiger partial charge in [-0.15, -0.1) is 0 Å². The summed E-state index contributed by atoms with van der Waals surface area (Å²) < 4.78 is 18.3. The first-order valence-corrected chi connectivity index (χ1v) is 6.96. The zero-order valence-corrected chi connectivity index (χ0v) is 12.4. The van der Waals surface area contributed by atoms with Crippen molar-refractivity contribution in [1.82, 2.24) is 0 Å². The van der Waals surface area contributed by atoms with Crippen molar-refractivity contribution in [3.8, 4) is 5.75 Å². The summed E-state index contributed by atoms with van der Waals surface area (Å²) in [4.78, 5) is 0. The van der Waals surface area contributed by atoms with Crippen LogP contribution in [0.3, 0.4) is 0 Å². The summed E-state index contributed by atoms with van der Waals surface area (Å²) in [5.74, 6) is 0.308. The lowest BCUT2D eigenvalue weighted by Crippen LogP contribution is -2.01. The Morgan fingerprint density at radius 3 is 2.55 bits per heavy atom. The third-order valence-electron chi connectivity index (χ3n) is 2.73. The topological polar surface area (TPSA) is 21.3 Å². The van der Waals surface area contributed by atoms with Gasteiger partial charge in [-0.1, -0.05) is 29.3 Å². The Morgan fingerprint density at radius 1 is 1.10 bits per heavy atom. The maximum absolute atomic E-state index is 12.9. The standard InChI is InChI=1S/C15H14Cl2FNO/c1-2-20-15-6-5-12(8-14(15)17)19-9-10-3-4-11(18)7-13(10)16/h3-8,19H,2,9H2,1H3. The molecule has 1 N–H and O–H groups in total. The zero-order chi connectivity index (χ0) is 14.5. The molecule has 106 valence electrons. The molecule has 0 radical (unpaired) electrons. The van der Waals surface area contributed by atoms with Crippen LogP contribution >= 0.6 is 23.2 Å². The van der Waals surface area contributed by atoms with Gasteiger partial charge in [0.25, 0.3) is 0 Å². The van der Waals surface area contributed by atoms with Crippen molar-refractivity contribution in [3.05, 3.63) is 57.8 Å². The van der Waals surface area contributed by atoms with Crippen LogP contribution < -0.4 is 10.1 Å².